The Labute approximate surface area is 182 Å². The highest BCUT2D eigenvalue weighted by Crippen LogP contribution is 2.34. The third-order valence-electron chi connectivity index (χ3n) is 7.06. The number of benzene rings is 2. The van der Waals surface area contributed by atoms with Gasteiger partial charge in [0.1, 0.15) is 5.76 Å². The van der Waals surface area contributed by atoms with Gasteiger partial charge in [0.25, 0.3) is 0 Å². The summed E-state index contributed by atoms with van der Waals surface area (Å²) in [4.78, 5) is 28.3. The van der Waals surface area contributed by atoms with Crippen LogP contribution in [-0.2, 0) is 24.1 Å². The fourth-order valence-corrected chi connectivity index (χ4v) is 5.35. The molecule has 0 bridgehead atoms. The van der Waals surface area contributed by atoms with E-state index in [9.17, 15) is 9.59 Å². The van der Waals surface area contributed by atoms with Gasteiger partial charge >= 0.3 is 0 Å². The van der Waals surface area contributed by atoms with E-state index in [1.54, 1.807) is 0 Å². The number of piperidine rings is 1. The third-order valence-corrected chi connectivity index (χ3v) is 7.06. The summed E-state index contributed by atoms with van der Waals surface area (Å²) in [5.41, 5.74) is 5.39. The lowest BCUT2D eigenvalue weighted by Gasteiger charge is -2.32. The molecule has 1 amide bonds. The van der Waals surface area contributed by atoms with Crippen molar-refractivity contribution < 1.29 is 14.1 Å². The van der Waals surface area contributed by atoms with Crippen molar-refractivity contribution >= 4 is 22.5 Å². The molecule has 2 aromatic carbocycles. The minimum atomic E-state index is -0.129. The predicted molar refractivity (Wildman–Crippen MR) is 119 cm³/mol. The molecule has 1 aromatic heterocycles. The van der Waals surface area contributed by atoms with Crippen molar-refractivity contribution in [3.8, 4) is 0 Å². The molecule has 3 aromatic rings. The number of aromatic nitrogens is 1. The number of nitrogens with zero attached hydrogens (tertiary/aromatic N) is 2. The average Bonchev–Trinajstić information content (AvgIpc) is 3.36. The van der Waals surface area contributed by atoms with Gasteiger partial charge in [0, 0.05) is 36.6 Å². The number of hydrogen-bond donors (Lipinski definition) is 0. The molecule has 5 heteroatoms. The highest BCUT2D eigenvalue weighted by molar-refractivity contribution is 6.11. The molecule has 160 valence electrons. The Hall–Kier alpha value is -2.95. The number of aryl methyl sites for hydroxylation is 4. The first kappa shape index (κ1) is 20.0. The van der Waals surface area contributed by atoms with E-state index < -0.39 is 0 Å². The zero-order valence-electron chi connectivity index (χ0n) is 18.2. The van der Waals surface area contributed by atoms with E-state index >= 15 is 0 Å². The van der Waals surface area contributed by atoms with Gasteiger partial charge in [0.2, 0.25) is 5.91 Å². The molecule has 0 N–H and O–H groups in total. The Morgan fingerprint density at radius 3 is 2.71 bits per heavy atom. The Kier molecular flexibility index (Phi) is 5.12. The molecule has 0 spiro atoms. The Morgan fingerprint density at radius 1 is 1.13 bits per heavy atom. The minimum Gasteiger partial charge on any atom is -0.361 e. The Balaban J connectivity index is 1.31. The second-order valence-electron chi connectivity index (χ2n) is 8.96. The SMILES string of the molecule is Cc1noc(C)c1CCC(=O)N1CCC[C@@H](C(=O)c2ccc3c4c(cccc24)CC3)C1. The first-order valence-electron chi connectivity index (χ1n) is 11.3. The van der Waals surface area contributed by atoms with Crippen LogP contribution in [0, 0.1) is 19.8 Å². The second-order valence-corrected chi connectivity index (χ2v) is 8.96. The summed E-state index contributed by atoms with van der Waals surface area (Å²) in [5, 5.41) is 6.33. The predicted octanol–water partition coefficient (Wildman–Crippen LogP) is 4.60. The first-order valence-corrected chi connectivity index (χ1v) is 11.3. The van der Waals surface area contributed by atoms with E-state index in [0.717, 1.165) is 60.2 Å². The van der Waals surface area contributed by atoms with Gasteiger partial charge in [-0.2, -0.15) is 0 Å². The number of likely N-dealkylation sites (tertiary alicyclic amines) is 1. The van der Waals surface area contributed by atoms with Crippen LogP contribution in [0.25, 0.3) is 10.8 Å². The van der Waals surface area contributed by atoms with Gasteiger partial charge < -0.3 is 9.42 Å². The number of amides is 1. The van der Waals surface area contributed by atoms with Crippen molar-refractivity contribution in [1.82, 2.24) is 10.1 Å². The molecule has 1 atom stereocenters. The van der Waals surface area contributed by atoms with Crippen LogP contribution < -0.4 is 0 Å². The van der Waals surface area contributed by atoms with Crippen molar-refractivity contribution in [2.75, 3.05) is 13.1 Å². The summed E-state index contributed by atoms with van der Waals surface area (Å²) in [6.07, 6.45) is 4.88. The highest BCUT2D eigenvalue weighted by atomic mass is 16.5. The zero-order valence-corrected chi connectivity index (χ0v) is 18.2. The zero-order chi connectivity index (χ0) is 21.5. The summed E-state index contributed by atoms with van der Waals surface area (Å²) in [5.74, 6) is 0.941. The van der Waals surface area contributed by atoms with E-state index in [-0.39, 0.29) is 17.6 Å². The standard InChI is InChI=1S/C26H28N2O3/c1-16-21(17(2)31-27-16)12-13-24(29)28-14-4-6-20(15-28)26(30)23-11-10-19-9-8-18-5-3-7-22(23)25(18)19/h3,5,7,10-11,20H,4,6,8-9,12-15H2,1-2H3/t20-/m1/s1. The number of hydrogen-bond acceptors (Lipinski definition) is 4. The van der Waals surface area contributed by atoms with Gasteiger partial charge in [-0.1, -0.05) is 35.5 Å². The van der Waals surface area contributed by atoms with Gasteiger partial charge in [0.05, 0.1) is 5.69 Å². The van der Waals surface area contributed by atoms with Crippen LogP contribution in [0.2, 0.25) is 0 Å². The minimum absolute atomic E-state index is 0.109. The smallest absolute Gasteiger partial charge is 0.222 e. The summed E-state index contributed by atoms with van der Waals surface area (Å²) in [7, 11) is 0. The lowest BCUT2D eigenvalue weighted by Crippen LogP contribution is -2.42. The van der Waals surface area contributed by atoms with Crippen molar-refractivity contribution in [2.45, 2.75) is 52.4 Å². The summed E-state index contributed by atoms with van der Waals surface area (Å²) in [6, 6.07) is 10.5. The van der Waals surface area contributed by atoms with Crippen LogP contribution in [0.4, 0.5) is 0 Å². The topological polar surface area (TPSA) is 63.4 Å². The van der Waals surface area contributed by atoms with Crippen LogP contribution in [0.3, 0.4) is 0 Å². The average molecular weight is 417 g/mol. The van der Waals surface area contributed by atoms with Gasteiger partial charge in [-0.05, 0) is 67.9 Å². The summed E-state index contributed by atoms with van der Waals surface area (Å²) >= 11 is 0. The molecule has 2 aliphatic rings. The lowest BCUT2D eigenvalue weighted by atomic mass is 9.87. The van der Waals surface area contributed by atoms with E-state index in [2.05, 4.69) is 29.4 Å². The Bertz CT molecular complexity index is 1150. The van der Waals surface area contributed by atoms with Crippen molar-refractivity contribution in [3.05, 3.63) is 64.0 Å². The van der Waals surface area contributed by atoms with Gasteiger partial charge in [0.15, 0.2) is 5.78 Å². The molecule has 1 aliphatic carbocycles. The van der Waals surface area contributed by atoms with E-state index in [4.69, 9.17) is 4.52 Å². The number of Topliss-reactive ketones (excluding diaryl/α,β-unsaturated/α-hetero) is 1. The molecule has 1 aliphatic heterocycles. The molecule has 0 unspecified atom stereocenters. The maximum absolute atomic E-state index is 13.5. The molecule has 2 heterocycles. The third kappa shape index (κ3) is 3.56. The molecule has 0 radical (unpaired) electrons. The van der Waals surface area contributed by atoms with E-state index in [1.165, 1.54) is 16.5 Å². The molecule has 31 heavy (non-hydrogen) atoms. The maximum Gasteiger partial charge on any atom is 0.222 e. The fraction of sp³-hybridized carbons (Fsp3) is 0.423. The van der Waals surface area contributed by atoms with Crippen molar-refractivity contribution in [1.29, 1.82) is 0 Å². The quantitative estimate of drug-likeness (QED) is 0.571. The fourth-order valence-electron chi connectivity index (χ4n) is 5.35. The van der Waals surface area contributed by atoms with Gasteiger partial charge in [-0.15, -0.1) is 0 Å². The first-order chi connectivity index (χ1) is 15.0. The number of carbonyl (C=O) groups is 2. The van der Waals surface area contributed by atoms with Crippen LogP contribution in [-0.4, -0.2) is 34.8 Å². The van der Waals surface area contributed by atoms with Gasteiger partial charge in [-0.25, -0.2) is 0 Å². The molecule has 1 saturated heterocycles. The number of carbonyl (C=O) groups excluding carboxylic acids is 2. The molecule has 5 rings (SSSR count). The second kappa shape index (κ2) is 7.95. The summed E-state index contributed by atoms with van der Waals surface area (Å²) in [6.45, 7) is 5.04. The van der Waals surface area contributed by atoms with Crippen molar-refractivity contribution in [2.24, 2.45) is 5.92 Å². The van der Waals surface area contributed by atoms with Crippen LogP contribution in [0.15, 0.2) is 34.9 Å². The highest BCUT2D eigenvalue weighted by Gasteiger charge is 2.30. The molecule has 0 saturated carbocycles. The lowest BCUT2D eigenvalue weighted by molar-refractivity contribution is -0.132. The molecular formula is C26H28N2O3. The van der Waals surface area contributed by atoms with Crippen LogP contribution >= 0.6 is 0 Å². The number of rotatable bonds is 5. The van der Waals surface area contributed by atoms with E-state index in [1.807, 2.05) is 24.8 Å². The largest absolute Gasteiger partial charge is 0.361 e. The Morgan fingerprint density at radius 2 is 1.94 bits per heavy atom. The maximum atomic E-state index is 13.5. The van der Waals surface area contributed by atoms with Crippen LogP contribution in [0.1, 0.15) is 57.8 Å². The van der Waals surface area contributed by atoms with Crippen LogP contribution in [0.5, 0.6) is 0 Å². The van der Waals surface area contributed by atoms with Crippen molar-refractivity contribution in [3.63, 3.8) is 0 Å². The normalized spacial score (nSPS) is 18.0. The molecule has 5 nitrogen and oxygen atoms in total. The monoisotopic (exact) mass is 416 g/mol. The summed E-state index contributed by atoms with van der Waals surface area (Å²) < 4.78 is 5.21. The number of ketones is 1. The van der Waals surface area contributed by atoms with E-state index in [0.29, 0.717) is 19.4 Å². The molecular weight excluding hydrogens is 388 g/mol. The van der Waals surface area contributed by atoms with Gasteiger partial charge in [-0.3, -0.25) is 9.59 Å². The molecule has 1 fully saturated rings.